The van der Waals surface area contributed by atoms with Crippen molar-refractivity contribution in [2.75, 3.05) is 5.32 Å². The molecule has 1 aromatic carbocycles. The summed E-state index contributed by atoms with van der Waals surface area (Å²) in [7, 11) is 0. The summed E-state index contributed by atoms with van der Waals surface area (Å²) >= 11 is 0. The number of para-hydroxylation sites is 1. The summed E-state index contributed by atoms with van der Waals surface area (Å²) in [6.45, 7) is 1.60. The van der Waals surface area contributed by atoms with Crippen LogP contribution in [0, 0.1) is 0 Å². The first kappa shape index (κ1) is 8.74. The van der Waals surface area contributed by atoms with E-state index in [4.69, 9.17) is 5.11 Å². The van der Waals surface area contributed by atoms with Crippen molar-refractivity contribution in [2.24, 2.45) is 0 Å². The quantitative estimate of drug-likeness (QED) is 0.523. The fourth-order valence-corrected chi connectivity index (χ4v) is 0.956. The third kappa shape index (κ3) is 2.07. The van der Waals surface area contributed by atoms with E-state index in [9.17, 15) is 4.79 Å². The SMILES string of the molecule is CC(O)Nc1ccccc1C=O. The first-order valence-corrected chi connectivity index (χ1v) is 3.73. The smallest absolute Gasteiger partial charge is 0.152 e. The molecule has 0 saturated heterocycles. The second kappa shape index (κ2) is 3.88. The molecule has 0 spiro atoms. The number of carbonyl (C=O) groups is 1. The van der Waals surface area contributed by atoms with E-state index in [1.54, 1.807) is 31.2 Å². The van der Waals surface area contributed by atoms with Crippen molar-refractivity contribution in [2.45, 2.75) is 13.2 Å². The third-order valence-electron chi connectivity index (χ3n) is 1.45. The average Bonchev–Trinajstić information content (AvgIpc) is 2.04. The van der Waals surface area contributed by atoms with Crippen molar-refractivity contribution in [1.82, 2.24) is 0 Å². The molecular formula is C9H11NO2. The summed E-state index contributed by atoms with van der Waals surface area (Å²) in [6.07, 6.45) is 0.108. The summed E-state index contributed by atoms with van der Waals surface area (Å²) in [6, 6.07) is 7.02. The molecule has 0 aliphatic rings. The zero-order valence-electron chi connectivity index (χ0n) is 6.82. The molecule has 1 unspecified atom stereocenters. The van der Waals surface area contributed by atoms with Gasteiger partial charge in [0.1, 0.15) is 6.23 Å². The molecule has 0 aliphatic heterocycles. The van der Waals surface area contributed by atoms with Gasteiger partial charge in [-0.3, -0.25) is 4.79 Å². The van der Waals surface area contributed by atoms with Crippen LogP contribution in [-0.4, -0.2) is 17.6 Å². The van der Waals surface area contributed by atoms with Gasteiger partial charge in [-0.2, -0.15) is 0 Å². The van der Waals surface area contributed by atoms with Crippen LogP contribution in [0.15, 0.2) is 24.3 Å². The number of anilines is 1. The van der Waals surface area contributed by atoms with Crippen molar-refractivity contribution >= 4 is 12.0 Å². The predicted molar refractivity (Wildman–Crippen MR) is 47.1 cm³/mol. The Bertz CT molecular complexity index is 271. The van der Waals surface area contributed by atoms with Crippen molar-refractivity contribution in [3.63, 3.8) is 0 Å². The number of carbonyl (C=O) groups excluding carboxylic acids is 1. The molecule has 0 radical (unpaired) electrons. The molecule has 0 saturated carbocycles. The molecule has 1 aromatic rings. The lowest BCUT2D eigenvalue weighted by Crippen LogP contribution is -2.14. The van der Waals surface area contributed by atoms with Crippen LogP contribution in [0.25, 0.3) is 0 Å². The summed E-state index contributed by atoms with van der Waals surface area (Å²) in [4.78, 5) is 10.5. The van der Waals surface area contributed by atoms with Gasteiger partial charge in [0.15, 0.2) is 6.29 Å². The number of rotatable bonds is 3. The second-order valence-electron chi connectivity index (χ2n) is 2.53. The van der Waals surface area contributed by atoms with E-state index in [0.29, 0.717) is 11.3 Å². The number of aliphatic hydroxyl groups excluding tert-OH is 1. The zero-order chi connectivity index (χ0) is 8.97. The third-order valence-corrected chi connectivity index (χ3v) is 1.45. The fraction of sp³-hybridized carbons (Fsp3) is 0.222. The number of aliphatic hydroxyl groups is 1. The van der Waals surface area contributed by atoms with Gasteiger partial charge in [-0.15, -0.1) is 0 Å². The van der Waals surface area contributed by atoms with Gasteiger partial charge in [-0.05, 0) is 19.1 Å². The number of nitrogens with one attached hydrogen (secondary N) is 1. The highest BCUT2D eigenvalue weighted by Gasteiger charge is 2.00. The highest BCUT2D eigenvalue weighted by Crippen LogP contribution is 2.12. The van der Waals surface area contributed by atoms with Crippen LogP contribution in [0.4, 0.5) is 5.69 Å². The van der Waals surface area contributed by atoms with Crippen LogP contribution < -0.4 is 5.32 Å². The minimum Gasteiger partial charge on any atom is -0.374 e. The number of hydrogen-bond acceptors (Lipinski definition) is 3. The molecule has 0 amide bonds. The van der Waals surface area contributed by atoms with E-state index in [2.05, 4.69) is 5.32 Å². The van der Waals surface area contributed by atoms with Crippen LogP contribution in [0.3, 0.4) is 0 Å². The Hall–Kier alpha value is -1.35. The average molecular weight is 165 g/mol. The molecular weight excluding hydrogens is 154 g/mol. The lowest BCUT2D eigenvalue weighted by molar-refractivity contribution is 0.112. The van der Waals surface area contributed by atoms with Gasteiger partial charge in [-0.25, -0.2) is 0 Å². The van der Waals surface area contributed by atoms with E-state index in [1.807, 2.05) is 0 Å². The van der Waals surface area contributed by atoms with Gasteiger partial charge in [0.25, 0.3) is 0 Å². The number of benzene rings is 1. The molecule has 0 fully saturated rings. The molecule has 3 nitrogen and oxygen atoms in total. The maximum atomic E-state index is 10.5. The van der Waals surface area contributed by atoms with Crippen molar-refractivity contribution in [3.8, 4) is 0 Å². The molecule has 2 N–H and O–H groups in total. The van der Waals surface area contributed by atoms with Crippen molar-refractivity contribution in [1.29, 1.82) is 0 Å². The van der Waals surface area contributed by atoms with Crippen molar-refractivity contribution in [3.05, 3.63) is 29.8 Å². The fourth-order valence-electron chi connectivity index (χ4n) is 0.956. The zero-order valence-corrected chi connectivity index (χ0v) is 6.82. The summed E-state index contributed by atoms with van der Waals surface area (Å²) in [5.74, 6) is 0. The van der Waals surface area contributed by atoms with Gasteiger partial charge < -0.3 is 10.4 Å². The Balaban J connectivity index is 2.89. The summed E-state index contributed by atoms with van der Waals surface area (Å²) in [5.41, 5.74) is 1.21. The first-order chi connectivity index (χ1) is 5.74. The second-order valence-corrected chi connectivity index (χ2v) is 2.53. The molecule has 0 aromatic heterocycles. The largest absolute Gasteiger partial charge is 0.374 e. The molecule has 0 bridgehead atoms. The van der Waals surface area contributed by atoms with E-state index in [-0.39, 0.29) is 0 Å². The van der Waals surface area contributed by atoms with Crippen LogP contribution >= 0.6 is 0 Å². The minimum absolute atomic E-state index is 0.554. The van der Waals surface area contributed by atoms with Crippen molar-refractivity contribution < 1.29 is 9.90 Å². The lowest BCUT2D eigenvalue weighted by Gasteiger charge is -2.10. The predicted octanol–water partition coefficient (Wildman–Crippen LogP) is 1.25. The molecule has 3 heteroatoms. The van der Waals surface area contributed by atoms with Gasteiger partial charge in [0.2, 0.25) is 0 Å². The minimum atomic E-state index is -0.647. The Morgan fingerprint density at radius 3 is 2.75 bits per heavy atom. The number of hydrogen-bond donors (Lipinski definition) is 2. The number of aldehydes is 1. The van der Waals surface area contributed by atoms with Gasteiger partial charge in [0, 0.05) is 11.3 Å². The van der Waals surface area contributed by atoms with E-state index in [1.165, 1.54) is 0 Å². The van der Waals surface area contributed by atoms with Crippen LogP contribution in [0.1, 0.15) is 17.3 Å². The lowest BCUT2D eigenvalue weighted by atomic mass is 10.2. The summed E-state index contributed by atoms with van der Waals surface area (Å²) < 4.78 is 0. The maximum Gasteiger partial charge on any atom is 0.152 e. The van der Waals surface area contributed by atoms with Crippen LogP contribution in [0.5, 0.6) is 0 Å². The molecule has 64 valence electrons. The van der Waals surface area contributed by atoms with Gasteiger partial charge >= 0.3 is 0 Å². The van der Waals surface area contributed by atoms with Crippen LogP contribution in [-0.2, 0) is 0 Å². The molecule has 1 rings (SSSR count). The summed E-state index contributed by atoms with van der Waals surface area (Å²) in [5, 5.41) is 11.7. The monoisotopic (exact) mass is 165 g/mol. The Morgan fingerprint density at radius 1 is 1.50 bits per heavy atom. The first-order valence-electron chi connectivity index (χ1n) is 3.73. The highest BCUT2D eigenvalue weighted by atomic mass is 16.3. The Labute approximate surface area is 71.0 Å². The highest BCUT2D eigenvalue weighted by molar-refractivity contribution is 5.84. The molecule has 0 aliphatic carbocycles. The normalized spacial score (nSPS) is 12.2. The molecule has 1 atom stereocenters. The van der Waals surface area contributed by atoms with Crippen LogP contribution in [0.2, 0.25) is 0 Å². The van der Waals surface area contributed by atoms with Gasteiger partial charge in [0.05, 0.1) is 0 Å². The van der Waals surface area contributed by atoms with Gasteiger partial charge in [-0.1, -0.05) is 12.1 Å². The van der Waals surface area contributed by atoms with E-state index >= 15 is 0 Å². The topological polar surface area (TPSA) is 49.3 Å². The molecule has 12 heavy (non-hydrogen) atoms. The van der Waals surface area contributed by atoms with E-state index in [0.717, 1.165) is 6.29 Å². The molecule has 0 heterocycles. The Kier molecular flexibility index (Phi) is 2.82. The Morgan fingerprint density at radius 2 is 2.17 bits per heavy atom. The van der Waals surface area contributed by atoms with E-state index < -0.39 is 6.23 Å². The maximum absolute atomic E-state index is 10.5. The standard InChI is InChI=1S/C9H11NO2/c1-7(12)10-9-5-3-2-4-8(9)6-11/h2-7,10,12H,1H3.